The Kier molecular flexibility index (Phi) is 5.67. The summed E-state index contributed by atoms with van der Waals surface area (Å²) in [7, 11) is -3.34. The fraction of sp³-hybridized carbons (Fsp3) is 0.400. The molecule has 0 saturated heterocycles. The van der Waals surface area contributed by atoms with E-state index in [1.807, 2.05) is 0 Å². The average molecular weight is 287 g/mol. The van der Waals surface area contributed by atoms with Gasteiger partial charge in [0.1, 0.15) is 5.69 Å². The van der Waals surface area contributed by atoms with Crippen LogP contribution in [0.3, 0.4) is 0 Å². The molecular weight excluding hydrogens is 270 g/mol. The summed E-state index contributed by atoms with van der Waals surface area (Å²) < 4.78 is 25.0. The van der Waals surface area contributed by atoms with Crippen LogP contribution < -0.4 is 21.3 Å². The van der Waals surface area contributed by atoms with Crippen LogP contribution in [0.25, 0.3) is 0 Å². The number of amides is 1. The first-order chi connectivity index (χ1) is 8.98. The zero-order valence-electron chi connectivity index (χ0n) is 10.5. The minimum atomic E-state index is -3.34. The molecule has 0 spiro atoms. The molecule has 106 valence electrons. The second-order valence-electron chi connectivity index (χ2n) is 3.65. The van der Waals surface area contributed by atoms with E-state index < -0.39 is 15.9 Å². The SMILES string of the molecule is CCNS(=O)(=O)CCNC(=O)c1cc(NN)ccn1. The van der Waals surface area contributed by atoms with Crippen LogP contribution in [0.5, 0.6) is 0 Å². The first kappa shape index (κ1) is 15.3. The lowest BCUT2D eigenvalue weighted by Gasteiger charge is -2.07. The van der Waals surface area contributed by atoms with Gasteiger partial charge in [0.2, 0.25) is 10.0 Å². The van der Waals surface area contributed by atoms with E-state index >= 15 is 0 Å². The Hall–Kier alpha value is -1.71. The zero-order chi connectivity index (χ0) is 14.3. The number of carbonyl (C=O) groups excluding carboxylic acids is 1. The number of nitrogen functional groups attached to an aromatic ring is 1. The average Bonchev–Trinajstić information content (AvgIpc) is 2.38. The minimum absolute atomic E-state index is 0.0100. The molecule has 0 unspecified atom stereocenters. The number of nitrogens with two attached hydrogens (primary N) is 1. The van der Waals surface area contributed by atoms with Gasteiger partial charge in [-0.2, -0.15) is 0 Å². The molecule has 1 amide bonds. The van der Waals surface area contributed by atoms with E-state index in [-0.39, 0.29) is 18.0 Å². The molecule has 0 radical (unpaired) electrons. The lowest BCUT2D eigenvalue weighted by atomic mass is 10.3. The predicted molar refractivity (Wildman–Crippen MR) is 71.8 cm³/mol. The Balaban J connectivity index is 2.52. The third kappa shape index (κ3) is 5.20. The number of aromatic nitrogens is 1. The number of hydrogen-bond donors (Lipinski definition) is 4. The Morgan fingerprint density at radius 3 is 2.84 bits per heavy atom. The second kappa shape index (κ2) is 7.02. The molecule has 1 aromatic rings. The number of anilines is 1. The fourth-order valence-electron chi connectivity index (χ4n) is 1.33. The van der Waals surface area contributed by atoms with E-state index in [0.717, 1.165) is 0 Å². The predicted octanol–water partition coefficient (Wildman–Crippen LogP) is -0.964. The molecular formula is C10H17N5O3S. The summed E-state index contributed by atoms with van der Waals surface area (Å²) in [5.74, 6) is 4.58. The van der Waals surface area contributed by atoms with Crippen molar-refractivity contribution < 1.29 is 13.2 Å². The largest absolute Gasteiger partial charge is 0.350 e. The number of pyridine rings is 1. The monoisotopic (exact) mass is 287 g/mol. The van der Waals surface area contributed by atoms with Gasteiger partial charge in [-0.05, 0) is 12.1 Å². The zero-order valence-corrected chi connectivity index (χ0v) is 11.3. The molecule has 8 nitrogen and oxygen atoms in total. The molecule has 0 aliphatic carbocycles. The number of nitrogens with zero attached hydrogens (tertiary/aromatic N) is 1. The standard InChI is InChI=1S/C10H17N5O3S/c1-2-14-19(17,18)6-5-13-10(16)9-7-8(15-11)3-4-12-9/h3-4,7,14H,2,5-6,11H2,1H3,(H,12,15)(H,13,16). The summed E-state index contributed by atoms with van der Waals surface area (Å²) >= 11 is 0. The summed E-state index contributed by atoms with van der Waals surface area (Å²) in [4.78, 5) is 15.6. The molecule has 1 rings (SSSR count). The van der Waals surface area contributed by atoms with E-state index in [1.54, 1.807) is 13.0 Å². The van der Waals surface area contributed by atoms with Gasteiger partial charge in [0, 0.05) is 19.3 Å². The molecule has 0 aliphatic rings. The summed E-state index contributed by atoms with van der Waals surface area (Å²) in [5.41, 5.74) is 3.10. The molecule has 0 bridgehead atoms. The smallest absolute Gasteiger partial charge is 0.269 e. The van der Waals surface area contributed by atoms with Gasteiger partial charge < -0.3 is 10.7 Å². The highest BCUT2D eigenvalue weighted by Crippen LogP contribution is 2.05. The van der Waals surface area contributed by atoms with Gasteiger partial charge in [-0.25, -0.2) is 13.1 Å². The summed E-state index contributed by atoms with van der Waals surface area (Å²) in [5, 5.41) is 2.48. The van der Waals surface area contributed by atoms with E-state index in [9.17, 15) is 13.2 Å². The lowest BCUT2D eigenvalue weighted by Crippen LogP contribution is -2.34. The van der Waals surface area contributed by atoms with Crippen LogP contribution >= 0.6 is 0 Å². The van der Waals surface area contributed by atoms with Crippen molar-refractivity contribution >= 4 is 21.6 Å². The minimum Gasteiger partial charge on any atom is -0.350 e. The number of rotatable bonds is 7. The van der Waals surface area contributed by atoms with Crippen molar-refractivity contribution in [2.24, 2.45) is 5.84 Å². The van der Waals surface area contributed by atoms with E-state index in [2.05, 4.69) is 20.4 Å². The third-order valence-corrected chi connectivity index (χ3v) is 3.65. The summed E-state index contributed by atoms with van der Waals surface area (Å²) in [6.07, 6.45) is 1.43. The highest BCUT2D eigenvalue weighted by molar-refractivity contribution is 7.89. The van der Waals surface area contributed by atoms with E-state index in [0.29, 0.717) is 12.2 Å². The van der Waals surface area contributed by atoms with Crippen molar-refractivity contribution in [2.45, 2.75) is 6.92 Å². The number of nitrogens with one attached hydrogen (secondary N) is 3. The van der Waals surface area contributed by atoms with E-state index in [1.165, 1.54) is 12.3 Å². The second-order valence-corrected chi connectivity index (χ2v) is 5.57. The molecule has 0 atom stereocenters. The maximum atomic E-state index is 11.7. The number of hydrogen-bond acceptors (Lipinski definition) is 6. The number of carbonyl (C=O) groups is 1. The molecule has 0 aliphatic heterocycles. The molecule has 9 heteroatoms. The highest BCUT2D eigenvalue weighted by atomic mass is 32.2. The quantitative estimate of drug-likeness (QED) is 0.378. The maximum absolute atomic E-state index is 11.7. The lowest BCUT2D eigenvalue weighted by molar-refractivity contribution is 0.0951. The maximum Gasteiger partial charge on any atom is 0.269 e. The Labute approximate surface area is 111 Å². The van der Waals surface area contributed by atoms with Crippen LogP contribution in [0, 0.1) is 0 Å². The van der Waals surface area contributed by atoms with Crippen LogP contribution in [-0.4, -0.2) is 38.2 Å². The van der Waals surface area contributed by atoms with Crippen LogP contribution in [0.2, 0.25) is 0 Å². The van der Waals surface area contributed by atoms with Crippen LogP contribution in [0.15, 0.2) is 18.3 Å². The Bertz CT molecular complexity index is 532. The van der Waals surface area contributed by atoms with Gasteiger partial charge in [0.15, 0.2) is 0 Å². The van der Waals surface area contributed by atoms with Crippen LogP contribution in [0.1, 0.15) is 17.4 Å². The number of hydrazine groups is 1. The summed E-state index contributed by atoms with van der Waals surface area (Å²) in [6.45, 7) is 2.02. The van der Waals surface area contributed by atoms with E-state index in [4.69, 9.17) is 5.84 Å². The van der Waals surface area contributed by atoms with Crippen LogP contribution in [-0.2, 0) is 10.0 Å². The molecule has 0 fully saturated rings. The third-order valence-electron chi connectivity index (χ3n) is 2.18. The van der Waals surface area contributed by atoms with Gasteiger partial charge in [-0.15, -0.1) is 0 Å². The van der Waals surface area contributed by atoms with Crippen LogP contribution in [0.4, 0.5) is 5.69 Å². The van der Waals surface area contributed by atoms with Crippen molar-refractivity contribution in [3.63, 3.8) is 0 Å². The fourth-order valence-corrected chi connectivity index (χ4v) is 2.28. The normalized spacial score (nSPS) is 11.1. The van der Waals surface area contributed by atoms with Gasteiger partial charge in [0.25, 0.3) is 5.91 Å². The van der Waals surface area contributed by atoms with Gasteiger partial charge in [0.05, 0.1) is 11.4 Å². The Morgan fingerprint density at radius 1 is 1.47 bits per heavy atom. The van der Waals surface area contributed by atoms with Crippen molar-refractivity contribution in [2.75, 3.05) is 24.3 Å². The van der Waals surface area contributed by atoms with Gasteiger partial charge in [-0.3, -0.25) is 15.6 Å². The molecule has 19 heavy (non-hydrogen) atoms. The molecule has 5 N–H and O–H groups in total. The summed E-state index contributed by atoms with van der Waals surface area (Å²) in [6, 6.07) is 3.07. The first-order valence-electron chi connectivity index (χ1n) is 5.66. The van der Waals surface area contributed by atoms with Gasteiger partial charge in [-0.1, -0.05) is 6.92 Å². The molecule has 0 aromatic carbocycles. The number of sulfonamides is 1. The van der Waals surface area contributed by atoms with Crippen molar-refractivity contribution in [3.8, 4) is 0 Å². The van der Waals surface area contributed by atoms with Crippen molar-refractivity contribution in [1.29, 1.82) is 0 Å². The van der Waals surface area contributed by atoms with Crippen molar-refractivity contribution in [3.05, 3.63) is 24.0 Å². The first-order valence-corrected chi connectivity index (χ1v) is 7.32. The highest BCUT2D eigenvalue weighted by Gasteiger charge is 2.11. The Morgan fingerprint density at radius 2 is 2.21 bits per heavy atom. The molecule has 0 saturated carbocycles. The van der Waals surface area contributed by atoms with Gasteiger partial charge >= 0.3 is 0 Å². The molecule has 1 aromatic heterocycles. The molecule has 1 heterocycles. The van der Waals surface area contributed by atoms with Crippen molar-refractivity contribution in [1.82, 2.24) is 15.0 Å². The topological polar surface area (TPSA) is 126 Å².